The van der Waals surface area contributed by atoms with Crippen LogP contribution >= 0.6 is 11.6 Å². The topological polar surface area (TPSA) is 111 Å². The van der Waals surface area contributed by atoms with Gasteiger partial charge in [-0.25, -0.2) is 22.3 Å². The van der Waals surface area contributed by atoms with E-state index in [-0.39, 0.29) is 4.90 Å². The number of carbonyl (C=O) groups is 2. The molecule has 0 aliphatic rings. The van der Waals surface area contributed by atoms with Crippen LogP contribution in [0.3, 0.4) is 0 Å². The number of rotatable bonds is 7. The number of aryl methyl sites for hydroxylation is 1. The second-order valence-electron chi connectivity index (χ2n) is 5.78. The molecule has 156 valence electrons. The lowest BCUT2D eigenvalue weighted by Crippen LogP contribution is -2.22. The zero-order valence-corrected chi connectivity index (χ0v) is 17.3. The van der Waals surface area contributed by atoms with Crippen LogP contribution in [0.4, 0.5) is 10.1 Å². The monoisotopic (exact) mass is 444 g/mol. The smallest absolute Gasteiger partial charge is 0.341 e. The maximum atomic E-state index is 13.9. The molecule has 8 nitrogen and oxygen atoms in total. The van der Waals surface area contributed by atoms with Gasteiger partial charge in [0.25, 0.3) is 5.91 Å². The SMILES string of the molecule is CNS(=O)(=O)c1ccc(F)c(C(=O)OCC(=O)Nc2cc(C)c(Cl)cc2OC)c1. The summed E-state index contributed by atoms with van der Waals surface area (Å²) in [6.07, 6.45) is 0. The number of benzene rings is 2. The van der Waals surface area contributed by atoms with Crippen LogP contribution < -0.4 is 14.8 Å². The number of ether oxygens (including phenoxy) is 2. The van der Waals surface area contributed by atoms with Crippen molar-refractivity contribution >= 4 is 39.2 Å². The van der Waals surface area contributed by atoms with Crippen LogP contribution in [-0.2, 0) is 19.6 Å². The van der Waals surface area contributed by atoms with Crippen LogP contribution in [0.15, 0.2) is 35.2 Å². The van der Waals surface area contributed by atoms with E-state index in [4.69, 9.17) is 21.1 Å². The molecular weight excluding hydrogens is 427 g/mol. The summed E-state index contributed by atoms with van der Waals surface area (Å²) in [6, 6.07) is 5.74. The number of methoxy groups -OCH3 is 1. The number of hydrogen-bond acceptors (Lipinski definition) is 6. The van der Waals surface area contributed by atoms with Crippen LogP contribution in [0.2, 0.25) is 5.02 Å². The summed E-state index contributed by atoms with van der Waals surface area (Å²) in [5.41, 5.74) is 0.377. The average molecular weight is 445 g/mol. The summed E-state index contributed by atoms with van der Waals surface area (Å²) in [4.78, 5) is 23.9. The normalized spacial score (nSPS) is 11.1. The number of halogens is 2. The first-order chi connectivity index (χ1) is 13.6. The predicted octanol–water partition coefficient (Wildman–Crippen LogP) is 2.50. The van der Waals surface area contributed by atoms with Gasteiger partial charge in [0.2, 0.25) is 10.0 Å². The molecule has 2 aromatic rings. The second-order valence-corrected chi connectivity index (χ2v) is 8.07. The fourth-order valence-electron chi connectivity index (χ4n) is 2.27. The van der Waals surface area contributed by atoms with Crippen molar-refractivity contribution in [1.29, 1.82) is 0 Å². The van der Waals surface area contributed by atoms with Crippen LogP contribution in [0.1, 0.15) is 15.9 Å². The van der Waals surface area contributed by atoms with Crippen molar-refractivity contribution in [3.63, 3.8) is 0 Å². The molecule has 0 heterocycles. The molecule has 1 amide bonds. The van der Waals surface area contributed by atoms with E-state index >= 15 is 0 Å². The Kier molecular flexibility index (Phi) is 7.17. The highest BCUT2D eigenvalue weighted by molar-refractivity contribution is 7.89. The number of nitrogens with one attached hydrogen (secondary N) is 2. The average Bonchev–Trinajstić information content (AvgIpc) is 2.68. The predicted molar refractivity (Wildman–Crippen MR) is 104 cm³/mol. The highest BCUT2D eigenvalue weighted by Crippen LogP contribution is 2.30. The Balaban J connectivity index is 2.11. The Hall–Kier alpha value is -2.69. The Morgan fingerprint density at radius 3 is 2.52 bits per heavy atom. The first kappa shape index (κ1) is 22.6. The van der Waals surface area contributed by atoms with E-state index in [0.29, 0.717) is 22.0 Å². The van der Waals surface area contributed by atoms with Crippen LogP contribution in [-0.4, -0.2) is 41.1 Å². The van der Waals surface area contributed by atoms with Gasteiger partial charge >= 0.3 is 5.97 Å². The summed E-state index contributed by atoms with van der Waals surface area (Å²) in [5, 5.41) is 2.94. The van der Waals surface area contributed by atoms with Gasteiger partial charge in [-0.15, -0.1) is 0 Å². The molecule has 0 aliphatic carbocycles. The lowest BCUT2D eigenvalue weighted by Gasteiger charge is -2.12. The Bertz CT molecular complexity index is 1060. The van der Waals surface area contributed by atoms with E-state index in [9.17, 15) is 22.4 Å². The summed E-state index contributed by atoms with van der Waals surface area (Å²) in [5.74, 6) is -2.58. The molecule has 29 heavy (non-hydrogen) atoms. The molecule has 0 aromatic heterocycles. The molecule has 0 radical (unpaired) electrons. The van der Waals surface area contributed by atoms with E-state index in [0.717, 1.165) is 18.2 Å². The zero-order chi connectivity index (χ0) is 21.8. The minimum absolute atomic E-state index is 0.302. The minimum atomic E-state index is -3.89. The summed E-state index contributed by atoms with van der Waals surface area (Å²) >= 11 is 6.00. The molecule has 2 N–H and O–H groups in total. The largest absolute Gasteiger partial charge is 0.495 e. The Morgan fingerprint density at radius 1 is 1.21 bits per heavy atom. The third-order valence-electron chi connectivity index (χ3n) is 3.83. The molecular formula is C18H18ClFN2O6S. The summed E-state index contributed by atoms with van der Waals surface area (Å²) in [6.45, 7) is 0.999. The van der Waals surface area contributed by atoms with Crippen molar-refractivity contribution in [3.05, 3.63) is 52.3 Å². The zero-order valence-electron chi connectivity index (χ0n) is 15.7. The van der Waals surface area contributed by atoms with Crippen molar-refractivity contribution in [2.75, 3.05) is 26.1 Å². The molecule has 0 aliphatic heterocycles. The van der Waals surface area contributed by atoms with E-state index in [2.05, 4.69) is 10.0 Å². The summed E-state index contributed by atoms with van der Waals surface area (Å²) < 4.78 is 49.5. The fraction of sp³-hybridized carbons (Fsp3) is 0.222. The van der Waals surface area contributed by atoms with Crippen LogP contribution in [0.25, 0.3) is 0 Å². The first-order valence-electron chi connectivity index (χ1n) is 8.13. The third kappa shape index (κ3) is 5.43. The molecule has 11 heteroatoms. The van der Waals surface area contributed by atoms with E-state index in [1.165, 1.54) is 20.2 Å². The first-order valence-corrected chi connectivity index (χ1v) is 9.99. The minimum Gasteiger partial charge on any atom is -0.495 e. The molecule has 0 bridgehead atoms. The van der Waals surface area contributed by atoms with Gasteiger partial charge in [0.15, 0.2) is 6.61 Å². The van der Waals surface area contributed by atoms with Gasteiger partial charge in [0, 0.05) is 11.1 Å². The van der Waals surface area contributed by atoms with Crippen molar-refractivity contribution in [2.45, 2.75) is 11.8 Å². The molecule has 0 saturated carbocycles. The molecule has 0 atom stereocenters. The van der Waals surface area contributed by atoms with E-state index < -0.39 is 39.9 Å². The number of carbonyl (C=O) groups excluding carboxylic acids is 2. The second kappa shape index (κ2) is 9.21. The van der Waals surface area contributed by atoms with Crippen molar-refractivity contribution in [1.82, 2.24) is 4.72 Å². The van der Waals surface area contributed by atoms with E-state index in [1.807, 2.05) is 0 Å². The number of anilines is 1. The molecule has 2 aromatic carbocycles. The number of hydrogen-bond donors (Lipinski definition) is 2. The Morgan fingerprint density at radius 2 is 1.90 bits per heavy atom. The number of esters is 1. The van der Waals surface area contributed by atoms with Gasteiger partial charge in [-0.05, 0) is 43.8 Å². The van der Waals surface area contributed by atoms with Gasteiger partial charge in [-0.3, -0.25) is 4.79 Å². The van der Waals surface area contributed by atoms with Gasteiger partial charge in [-0.2, -0.15) is 0 Å². The van der Waals surface area contributed by atoms with Crippen LogP contribution in [0.5, 0.6) is 5.75 Å². The van der Waals surface area contributed by atoms with Gasteiger partial charge in [0.05, 0.1) is 23.3 Å². The quantitative estimate of drug-likeness (QED) is 0.635. The van der Waals surface area contributed by atoms with Crippen LogP contribution in [0, 0.1) is 12.7 Å². The standard InChI is InChI=1S/C18H18ClFN2O6S/c1-10-6-15(16(27-3)8-13(10)19)22-17(23)9-28-18(24)12-7-11(4-5-14(12)20)29(25,26)21-2/h4-8,21H,9H2,1-3H3,(H,22,23). The number of amides is 1. The van der Waals surface area contributed by atoms with Gasteiger partial charge < -0.3 is 14.8 Å². The highest BCUT2D eigenvalue weighted by atomic mass is 35.5. The third-order valence-corrected chi connectivity index (χ3v) is 5.65. The number of sulfonamides is 1. The highest BCUT2D eigenvalue weighted by Gasteiger charge is 2.20. The molecule has 0 spiro atoms. The fourth-order valence-corrected chi connectivity index (χ4v) is 3.18. The lowest BCUT2D eigenvalue weighted by atomic mass is 10.2. The molecule has 0 saturated heterocycles. The lowest BCUT2D eigenvalue weighted by molar-refractivity contribution is -0.119. The maximum absolute atomic E-state index is 13.9. The molecule has 2 rings (SSSR count). The van der Waals surface area contributed by atoms with Crippen molar-refractivity contribution in [3.8, 4) is 5.75 Å². The molecule has 0 fully saturated rings. The molecule has 0 unspecified atom stereocenters. The Labute approximate surface area is 172 Å². The van der Waals surface area contributed by atoms with Gasteiger partial charge in [-0.1, -0.05) is 11.6 Å². The van der Waals surface area contributed by atoms with E-state index in [1.54, 1.807) is 13.0 Å². The van der Waals surface area contributed by atoms with Crippen molar-refractivity contribution in [2.24, 2.45) is 0 Å². The summed E-state index contributed by atoms with van der Waals surface area (Å²) in [7, 11) is -1.32. The van der Waals surface area contributed by atoms with Gasteiger partial charge in [0.1, 0.15) is 11.6 Å². The van der Waals surface area contributed by atoms with Crippen molar-refractivity contribution < 1.29 is 31.9 Å². The maximum Gasteiger partial charge on any atom is 0.341 e.